The van der Waals surface area contributed by atoms with Gasteiger partial charge in [-0.05, 0) is 145 Å². The molecule has 0 saturated carbocycles. The second-order valence-corrected chi connectivity index (χ2v) is 16.5. The summed E-state index contributed by atoms with van der Waals surface area (Å²) in [6, 6.07) is 41.8. The average molecular weight is 1230 g/mol. The van der Waals surface area contributed by atoms with Gasteiger partial charge >= 0.3 is 0 Å². The summed E-state index contributed by atoms with van der Waals surface area (Å²) in [6.07, 6.45) is 25.8. The van der Waals surface area contributed by atoms with E-state index in [1.165, 1.54) is 50.3 Å². The van der Waals surface area contributed by atoms with Crippen LogP contribution < -0.4 is 11.9 Å². The summed E-state index contributed by atoms with van der Waals surface area (Å²) in [6.45, 7) is 1.76. The van der Waals surface area contributed by atoms with Crippen LogP contribution in [0.4, 0.5) is 4.39 Å². The number of aromatic nitrogens is 18. The quantitative estimate of drug-likeness (QED) is 0.0489. The van der Waals surface area contributed by atoms with E-state index >= 15 is 0 Å². The number of rotatable bonds is 13. The second-order valence-electron chi connectivity index (χ2n) is 16.5. The molecule has 0 bridgehead atoms. The van der Waals surface area contributed by atoms with Crippen molar-refractivity contribution in [2.75, 3.05) is 6.54 Å². The number of carboxylic acid groups (broad SMARTS) is 1. The Morgan fingerprint density at radius 3 is 1.09 bits per heavy atom. The summed E-state index contributed by atoms with van der Waals surface area (Å²) in [5.41, 5.74) is 14.3. The number of aliphatic carboxylic acids is 1. The van der Waals surface area contributed by atoms with E-state index < -0.39 is 10.9 Å². The SMILES string of the molecule is CC(=O)O.Cl.N.NCCc1ccc(-n2nccn2)cc1.O=Cc1ccc(-n2ccnn2)cc1.O=Cc1ccc(-n2nccn2)cc1.O=Cc1ccc(-n2nccn2)cc1.O=Cc1ccc(F)cc1.O=[N+]([O-])/C=C/c1ccc(-n2nccn2)cc1.c1cn[nH]n1. The summed E-state index contributed by atoms with van der Waals surface area (Å²) in [5, 5.41) is 66.2. The first-order valence-corrected chi connectivity index (χ1v) is 25.3. The van der Waals surface area contributed by atoms with E-state index in [9.17, 15) is 33.7 Å². The van der Waals surface area contributed by atoms with E-state index in [1.54, 1.807) is 169 Å². The van der Waals surface area contributed by atoms with Crippen LogP contribution in [0, 0.1) is 15.9 Å². The predicted octanol–water partition coefficient (Wildman–Crippen LogP) is 7.64. The number of carbonyl (C=O) groups excluding carboxylic acids is 4. The van der Waals surface area contributed by atoms with Gasteiger partial charge in [-0.3, -0.25) is 34.1 Å². The van der Waals surface area contributed by atoms with Gasteiger partial charge in [-0.2, -0.15) is 75.4 Å². The van der Waals surface area contributed by atoms with Crippen molar-refractivity contribution in [2.24, 2.45) is 5.73 Å². The van der Waals surface area contributed by atoms with Crippen molar-refractivity contribution >= 4 is 49.6 Å². The van der Waals surface area contributed by atoms with Gasteiger partial charge in [0.25, 0.3) is 5.97 Å². The van der Waals surface area contributed by atoms with Gasteiger partial charge in [-0.25, -0.2) is 9.07 Å². The number of nitrogens with zero attached hydrogens (tertiary/aromatic N) is 18. The Labute approximate surface area is 512 Å². The van der Waals surface area contributed by atoms with Crippen LogP contribution in [-0.4, -0.2) is 138 Å². The molecule has 0 fully saturated rings. The van der Waals surface area contributed by atoms with E-state index in [4.69, 9.17) is 15.6 Å². The molecule has 31 heteroatoms. The maximum absolute atomic E-state index is 12.1. The molecule has 0 amide bonds. The normalized spacial score (nSPS) is 9.52. The van der Waals surface area contributed by atoms with Crippen LogP contribution in [0.25, 0.3) is 34.5 Å². The fourth-order valence-electron chi connectivity index (χ4n) is 6.36. The molecule has 456 valence electrons. The Balaban J connectivity index is 0.000000271. The maximum Gasteiger partial charge on any atom is 0.300 e. The third-order valence-electron chi connectivity index (χ3n) is 10.4. The van der Waals surface area contributed by atoms with Crippen LogP contribution in [0.1, 0.15) is 59.5 Å². The highest BCUT2D eigenvalue weighted by Crippen LogP contribution is 2.11. The molecule has 6 aromatic heterocycles. The van der Waals surface area contributed by atoms with Crippen molar-refractivity contribution < 1.29 is 38.4 Å². The molecule has 0 aliphatic carbocycles. The van der Waals surface area contributed by atoms with Gasteiger partial charge in [0.05, 0.1) is 108 Å². The largest absolute Gasteiger partial charge is 0.481 e. The number of hydrogen-bond donors (Lipinski definition) is 4. The zero-order valence-electron chi connectivity index (χ0n) is 47.1. The Bertz CT molecular complexity index is 3610. The lowest BCUT2D eigenvalue weighted by Crippen LogP contribution is -2.03. The molecular weight excluding hydrogens is 1170 g/mol. The lowest BCUT2D eigenvalue weighted by atomic mass is 10.1. The average Bonchev–Trinajstić information content (AvgIpc) is 4.59. The summed E-state index contributed by atoms with van der Waals surface area (Å²) in [4.78, 5) is 65.8. The fraction of sp³-hybridized carbons (Fsp3) is 0.0517. The zero-order chi connectivity index (χ0) is 62.3. The first-order chi connectivity index (χ1) is 42.4. The number of aromatic amines is 1. The summed E-state index contributed by atoms with van der Waals surface area (Å²) in [5.74, 6) is -1.15. The third kappa shape index (κ3) is 26.8. The number of aldehydes is 4. The van der Waals surface area contributed by atoms with Crippen molar-refractivity contribution in [3.63, 3.8) is 0 Å². The summed E-state index contributed by atoms with van der Waals surface area (Å²) < 4.78 is 13.7. The number of halogens is 2. The Morgan fingerprint density at radius 2 is 0.820 bits per heavy atom. The number of H-pyrrole nitrogens is 1. The minimum Gasteiger partial charge on any atom is -0.481 e. The highest BCUT2D eigenvalue weighted by molar-refractivity contribution is 5.85. The summed E-state index contributed by atoms with van der Waals surface area (Å²) >= 11 is 0. The fourth-order valence-corrected chi connectivity index (χ4v) is 6.36. The van der Waals surface area contributed by atoms with Crippen LogP contribution in [0.2, 0.25) is 0 Å². The number of nitrogens with two attached hydrogens (primary N) is 1. The smallest absolute Gasteiger partial charge is 0.300 e. The molecule has 12 aromatic rings. The van der Waals surface area contributed by atoms with Gasteiger partial charge in [-0.15, -0.1) is 17.5 Å². The van der Waals surface area contributed by atoms with Crippen molar-refractivity contribution in [1.29, 1.82) is 0 Å². The number of hydrogen-bond acceptors (Lipinski definition) is 21. The van der Waals surface area contributed by atoms with Crippen molar-refractivity contribution in [3.8, 4) is 28.4 Å². The molecule has 0 saturated heterocycles. The van der Waals surface area contributed by atoms with Gasteiger partial charge in [0.2, 0.25) is 6.20 Å². The minimum atomic E-state index is -0.833. The molecule has 0 unspecified atom stereocenters. The zero-order valence-corrected chi connectivity index (χ0v) is 47.9. The van der Waals surface area contributed by atoms with E-state index in [-0.39, 0.29) is 24.4 Å². The molecule has 12 rings (SSSR count). The van der Waals surface area contributed by atoms with E-state index in [2.05, 4.69) is 66.5 Å². The number of carbonyl (C=O) groups is 5. The van der Waals surface area contributed by atoms with Crippen LogP contribution in [0.5, 0.6) is 0 Å². The lowest BCUT2D eigenvalue weighted by molar-refractivity contribution is -0.400. The van der Waals surface area contributed by atoms with Crippen molar-refractivity contribution in [2.45, 2.75) is 13.3 Å². The van der Waals surface area contributed by atoms with Crippen molar-refractivity contribution in [1.82, 2.24) is 96.5 Å². The monoisotopic (exact) mass is 1230 g/mol. The van der Waals surface area contributed by atoms with Crippen LogP contribution in [0.3, 0.4) is 0 Å². The van der Waals surface area contributed by atoms with Crippen LogP contribution >= 0.6 is 12.4 Å². The van der Waals surface area contributed by atoms with Gasteiger partial charge in [0.15, 0.2) is 0 Å². The predicted molar refractivity (Wildman–Crippen MR) is 325 cm³/mol. The lowest BCUT2D eigenvalue weighted by Gasteiger charge is -2.01. The Kier molecular flexibility index (Phi) is 32.4. The number of nitrogens with one attached hydrogen (secondary N) is 1. The topological polar surface area (TPSA) is 405 Å². The highest BCUT2D eigenvalue weighted by Gasteiger charge is 2.01. The summed E-state index contributed by atoms with van der Waals surface area (Å²) in [7, 11) is 0. The molecule has 0 radical (unpaired) electrons. The molecule has 6 heterocycles. The van der Waals surface area contributed by atoms with E-state index in [1.807, 2.05) is 36.4 Å². The van der Waals surface area contributed by atoms with Gasteiger partial charge in [0.1, 0.15) is 31.0 Å². The molecule has 7 N–H and O–H groups in total. The molecule has 0 atom stereocenters. The molecule has 0 aliphatic heterocycles. The van der Waals surface area contributed by atoms with E-state index in [0.717, 1.165) is 72.4 Å². The first-order valence-electron chi connectivity index (χ1n) is 25.3. The standard InChI is InChI=1S/C10H8N4O2.C10H12N4.3C9H7N3O.C7H5FO.C2H3N3.C2H4O2.ClH.H3N/c15-13(16)8-5-9-1-3-10(4-2-9)14-11-6-7-12-14;11-6-5-9-1-3-10(4-2-9)14-12-7-8-13-14;13-7-8-1-3-9(4-2-8)12-6-5-10-11-12;2*13-7-8-1-3-9(4-2-8)12-10-5-6-11-12;8-7-3-1-6(5-9)2-4-7;1-2-4-5-3-1;1-2(3)4;;/h1-8H;1-4,7-8H,5-6,11H2;3*1-7H;1-5H;1-2H,(H,3,4,5);1H3,(H,3,4);1H;1H3/b8-5+;;;;;;;;;. The number of benzene rings is 6. The van der Waals surface area contributed by atoms with Crippen LogP contribution in [-0.2, 0) is 11.2 Å². The van der Waals surface area contributed by atoms with Gasteiger partial charge < -0.3 is 17.0 Å². The highest BCUT2D eigenvalue weighted by atomic mass is 35.5. The minimum absolute atomic E-state index is 0. The Morgan fingerprint density at radius 1 is 0.517 bits per heavy atom. The molecule has 0 aliphatic rings. The van der Waals surface area contributed by atoms with Gasteiger partial charge in [0, 0.05) is 35.3 Å². The third-order valence-corrected chi connectivity index (χ3v) is 10.4. The number of nitro groups is 1. The molecule has 6 aromatic carbocycles. The molecule has 29 nitrogen and oxygen atoms in total. The maximum atomic E-state index is 12.1. The number of carboxylic acids is 1. The van der Waals surface area contributed by atoms with Crippen LogP contribution in [0.15, 0.2) is 226 Å². The second kappa shape index (κ2) is 40.7. The first kappa shape index (κ1) is 70.9. The van der Waals surface area contributed by atoms with Crippen molar-refractivity contribution in [3.05, 3.63) is 275 Å². The van der Waals surface area contributed by atoms with E-state index in [0.29, 0.717) is 35.1 Å². The Hall–Kier alpha value is -12.4. The molecule has 89 heavy (non-hydrogen) atoms. The van der Waals surface area contributed by atoms with Gasteiger partial charge in [-0.1, -0.05) is 29.5 Å². The molecule has 0 spiro atoms. The molecular formula is C58H57ClFN21O8.